The minimum atomic E-state index is 0.571. The van der Waals surface area contributed by atoms with Crippen LogP contribution in [0.1, 0.15) is 11.3 Å². The molecule has 0 aliphatic heterocycles. The Hall–Kier alpha value is -2.06. The molecule has 2 heteroatoms. The number of hydrogen-bond donors (Lipinski definition) is 1. The van der Waals surface area contributed by atoms with E-state index in [1.54, 1.807) is 0 Å². The molecule has 0 saturated heterocycles. The second-order valence-corrected chi connectivity index (χ2v) is 4.47. The van der Waals surface area contributed by atoms with Crippen molar-refractivity contribution in [3.05, 3.63) is 71.9 Å². The van der Waals surface area contributed by atoms with Crippen molar-refractivity contribution in [3.8, 4) is 0 Å². The number of fused-ring (bicyclic) bond motifs is 1. The standard InChI is InChI=1S/C16H16N2/c17-11-15-10-14-8-4-5-9-16(14)18(15)12-13-6-2-1-3-7-13/h1-10H,11-12,17H2. The molecule has 3 rings (SSSR count). The molecule has 2 aromatic carbocycles. The second-order valence-electron chi connectivity index (χ2n) is 4.47. The van der Waals surface area contributed by atoms with Gasteiger partial charge in [-0.15, -0.1) is 0 Å². The summed E-state index contributed by atoms with van der Waals surface area (Å²) in [6.45, 7) is 1.45. The van der Waals surface area contributed by atoms with Crippen LogP contribution < -0.4 is 5.73 Å². The van der Waals surface area contributed by atoms with Gasteiger partial charge in [0.25, 0.3) is 0 Å². The molecule has 90 valence electrons. The van der Waals surface area contributed by atoms with Gasteiger partial charge in [0.1, 0.15) is 0 Å². The summed E-state index contributed by atoms with van der Waals surface area (Å²) in [5, 5.41) is 1.26. The summed E-state index contributed by atoms with van der Waals surface area (Å²) in [5.74, 6) is 0. The molecule has 0 aliphatic rings. The maximum atomic E-state index is 5.85. The van der Waals surface area contributed by atoms with Gasteiger partial charge in [0.15, 0.2) is 0 Å². The van der Waals surface area contributed by atoms with Crippen LogP contribution in [-0.2, 0) is 13.1 Å². The molecule has 0 spiro atoms. The first kappa shape index (κ1) is 11.1. The van der Waals surface area contributed by atoms with Crippen molar-refractivity contribution in [3.63, 3.8) is 0 Å². The van der Waals surface area contributed by atoms with Crippen LogP contribution in [0.25, 0.3) is 10.9 Å². The van der Waals surface area contributed by atoms with E-state index in [0.29, 0.717) is 6.54 Å². The van der Waals surface area contributed by atoms with Crippen molar-refractivity contribution >= 4 is 10.9 Å². The summed E-state index contributed by atoms with van der Waals surface area (Å²) in [4.78, 5) is 0. The monoisotopic (exact) mass is 236 g/mol. The Morgan fingerprint density at radius 3 is 2.39 bits per heavy atom. The lowest BCUT2D eigenvalue weighted by molar-refractivity contribution is 0.768. The molecule has 0 amide bonds. The number of hydrogen-bond acceptors (Lipinski definition) is 1. The molecule has 0 bridgehead atoms. The van der Waals surface area contributed by atoms with Gasteiger partial charge >= 0.3 is 0 Å². The van der Waals surface area contributed by atoms with Gasteiger partial charge in [0, 0.05) is 24.3 Å². The molecule has 0 atom stereocenters. The van der Waals surface area contributed by atoms with Crippen molar-refractivity contribution in [2.45, 2.75) is 13.1 Å². The van der Waals surface area contributed by atoms with Crippen LogP contribution in [0, 0.1) is 0 Å². The van der Waals surface area contributed by atoms with E-state index in [9.17, 15) is 0 Å². The summed E-state index contributed by atoms with van der Waals surface area (Å²) in [5.41, 5.74) is 9.58. The number of para-hydroxylation sites is 1. The maximum Gasteiger partial charge on any atom is 0.0486 e. The highest BCUT2D eigenvalue weighted by Gasteiger charge is 2.07. The summed E-state index contributed by atoms with van der Waals surface area (Å²) < 4.78 is 2.30. The predicted octanol–water partition coefficient (Wildman–Crippen LogP) is 3.15. The fourth-order valence-corrected chi connectivity index (χ4v) is 2.39. The Balaban J connectivity index is 2.10. The SMILES string of the molecule is NCc1cc2ccccc2n1Cc1ccccc1. The molecule has 2 N–H and O–H groups in total. The van der Waals surface area contributed by atoms with Gasteiger partial charge in [-0.25, -0.2) is 0 Å². The number of nitrogens with zero attached hydrogens (tertiary/aromatic N) is 1. The van der Waals surface area contributed by atoms with Gasteiger partial charge < -0.3 is 10.3 Å². The number of benzene rings is 2. The Morgan fingerprint density at radius 1 is 0.889 bits per heavy atom. The van der Waals surface area contributed by atoms with E-state index in [2.05, 4.69) is 59.2 Å². The Kier molecular flexibility index (Phi) is 2.87. The Bertz CT molecular complexity index is 653. The number of rotatable bonds is 3. The van der Waals surface area contributed by atoms with Gasteiger partial charge in [-0.05, 0) is 23.1 Å². The zero-order valence-corrected chi connectivity index (χ0v) is 10.2. The molecule has 0 saturated carbocycles. The first-order valence-electron chi connectivity index (χ1n) is 6.19. The molecule has 0 radical (unpaired) electrons. The van der Waals surface area contributed by atoms with Gasteiger partial charge in [-0.2, -0.15) is 0 Å². The lowest BCUT2D eigenvalue weighted by Crippen LogP contribution is -2.08. The lowest BCUT2D eigenvalue weighted by atomic mass is 10.2. The van der Waals surface area contributed by atoms with Crippen LogP contribution in [0.3, 0.4) is 0 Å². The van der Waals surface area contributed by atoms with Crippen LogP contribution in [0.15, 0.2) is 60.7 Å². The highest BCUT2D eigenvalue weighted by molar-refractivity contribution is 5.81. The maximum absolute atomic E-state index is 5.85. The Labute approximate surface area is 107 Å². The van der Waals surface area contributed by atoms with Gasteiger partial charge in [-0.1, -0.05) is 48.5 Å². The first-order chi connectivity index (χ1) is 8.88. The summed E-state index contributed by atoms with van der Waals surface area (Å²) in [6.07, 6.45) is 0. The third-order valence-corrected chi connectivity index (χ3v) is 3.29. The van der Waals surface area contributed by atoms with Gasteiger partial charge in [-0.3, -0.25) is 0 Å². The molecular formula is C16H16N2. The van der Waals surface area contributed by atoms with Gasteiger partial charge in [0.2, 0.25) is 0 Å². The topological polar surface area (TPSA) is 30.9 Å². The molecular weight excluding hydrogens is 220 g/mol. The molecule has 0 fully saturated rings. The zero-order valence-electron chi connectivity index (χ0n) is 10.2. The summed E-state index contributed by atoms with van der Waals surface area (Å²) in [7, 11) is 0. The lowest BCUT2D eigenvalue weighted by Gasteiger charge is -2.09. The van der Waals surface area contributed by atoms with Crippen molar-refractivity contribution in [1.82, 2.24) is 4.57 Å². The molecule has 1 aromatic heterocycles. The summed E-state index contributed by atoms with van der Waals surface area (Å²) >= 11 is 0. The van der Waals surface area contributed by atoms with Crippen molar-refractivity contribution in [2.24, 2.45) is 5.73 Å². The predicted molar refractivity (Wildman–Crippen MR) is 75.4 cm³/mol. The highest BCUT2D eigenvalue weighted by Crippen LogP contribution is 2.20. The van der Waals surface area contributed by atoms with E-state index >= 15 is 0 Å². The van der Waals surface area contributed by atoms with E-state index in [-0.39, 0.29) is 0 Å². The van der Waals surface area contributed by atoms with E-state index in [1.807, 2.05) is 6.07 Å². The van der Waals surface area contributed by atoms with E-state index in [0.717, 1.165) is 6.54 Å². The average molecular weight is 236 g/mol. The van der Waals surface area contributed by atoms with Crippen LogP contribution >= 0.6 is 0 Å². The third-order valence-electron chi connectivity index (χ3n) is 3.29. The average Bonchev–Trinajstić information content (AvgIpc) is 2.78. The third kappa shape index (κ3) is 1.91. The fourth-order valence-electron chi connectivity index (χ4n) is 2.39. The fraction of sp³-hybridized carbons (Fsp3) is 0.125. The zero-order chi connectivity index (χ0) is 12.4. The molecule has 2 nitrogen and oxygen atoms in total. The smallest absolute Gasteiger partial charge is 0.0486 e. The van der Waals surface area contributed by atoms with E-state index < -0.39 is 0 Å². The van der Waals surface area contributed by atoms with Crippen molar-refractivity contribution in [1.29, 1.82) is 0 Å². The second kappa shape index (κ2) is 4.67. The Morgan fingerprint density at radius 2 is 1.61 bits per heavy atom. The minimum absolute atomic E-state index is 0.571. The number of aromatic nitrogens is 1. The van der Waals surface area contributed by atoms with E-state index in [1.165, 1.54) is 22.2 Å². The van der Waals surface area contributed by atoms with Crippen LogP contribution in [0.4, 0.5) is 0 Å². The van der Waals surface area contributed by atoms with E-state index in [4.69, 9.17) is 5.73 Å². The molecule has 18 heavy (non-hydrogen) atoms. The number of nitrogens with two attached hydrogens (primary N) is 1. The van der Waals surface area contributed by atoms with Crippen LogP contribution in [-0.4, -0.2) is 4.57 Å². The quantitative estimate of drug-likeness (QED) is 0.744. The molecule has 1 heterocycles. The normalized spacial score (nSPS) is 10.9. The van der Waals surface area contributed by atoms with Crippen LogP contribution in [0.5, 0.6) is 0 Å². The first-order valence-corrected chi connectivity index (χ1v) is 6.19. The molecule has 0 aliphatic carbocycles. The van der Waals surface area contributed by atoms with Gasteiger partial charge in [0.05, 0.1) is 0 Å². The van der Waals surface area contributed by atoms with Crippen LogP contribution in [0.2, 0.25) is 0 Å². The summed E-state index contributed by atoms with van der Waals surface area (Å²) in [6, 6.07) is 21.1. The van der Waals surface area contributed by atoms with Crippen molar-refractivity contribution in [2.75, 3.05) is 0 Å². The minimum Gasteiger partial charge on any atom is -0.339 e. The molecule has 3 aromatic rings. The molecule has 0 unspecified atom stereocenters. The van der Waals surface area contributed by atoms with Crippen molar-refractivity contribution < 1.29 is 0 Å². The highest BCUT2D eigenvalue weighted by atomic mass is 15.0. The largest absolute Gasteiger partial charge is 0.339 e.